The number of nitrogens with one attached hydrogen (secondary N) is 1. The summed E-state index contributed by atoms with van der Waals surface area (Å²) in [5.74, 6) is 0.160. The van der Waals surface area contributed by atoms with Crippen LogP contribution in [-0.2, 0) is 4.74 Å². The van der Waals surface area contributed by atoms with Crippen LogP contribution < -0.4 is 5.32 Å². The molecule has 1 rings (SSSR count). The summed E-state index contributed by atoms with van der Waals surface area (Å²) in [5.41, 5.74) is 1.45. The van der Waals surface area contributed by atoms with Crippen molar-refractivity contribution in [3.8, 4) is 6.07 Å². The molecule has 0 aliphatic carbocycles. The number of rotatable bonds is 5. The number of methoxy groups -OCH3 is 1. The number of aryl methyl sites for hydroxylation is 1. The Labute approximate surface area is 103 Å². The van der Waals surface area contributed by atoms with Crippen molar-refractivity contribution in [2.45, 2.75) is 26.3 Å². The number of hydrogen-bond acceptors (Lipinski definition) is 3. The maximum absolute atomic E-state index is 9.42. The normalized spacial score (nSPS) is 14.1. The van der Waals surface area contributed by atoms with E-state index >= 15 is 0 Å². The Morgan fingerprint density at radius 2 is 2.18 bits per heavy atom. The van der Waals surface area contributed by atoms with Gasteiger partial charge < -0.3 is 10.1 Å². The van der Waals surface area contributed by atoms with Gasteiger partial charge in [-0.3, -0.25) is 0 Å². The van der Waals surface area contributed by atoms with Crippen molar-refractivity contribution in [1.29, 1.82) is 5.26 Å². The van der Waals surface area contributed by atoms with Gasteiger partial charge in [0.2, 0.25) is 0 Å². The number of anilines is 1. The third kappa shape index (κ3) is 3.21. The molecule has 0 saturated heterocycles. The van der Waals surface area contributed by atoms with Crippen LogP contribution in [0.15, 0.2) is 24.3 Å². The van der Waals surface area contributed by atoms with Gasteiger partial charge in [-0.25, -0.2) is 0 Å². The highest BCUT2D eigenvalue weighted by molar-refractivity contribution is 5.50. The fourth-order valence-corrected chi connectivity index (χ4v) is 1.74. The van der Waals surface area contributed by atoms with E-state index in [-0.39, 0.29) is 5.92 Å². The lowest BCUT2D eigenvalue weighted by Gasteiger charge is -2.32. The lowest BCUT2D eigenvalue weighted by Crippen LogP contribution is -2.46. The van der Waals surface area contributed by atoms with Crippen LogP contribution >= 0.6 is 0 Å². The van der Waals surface area contributed by atoms with Crippen molar-refractivity contribution in [3.05, 3.63) is 29.8 Å². The Bertz CT molecular complexity index is 409. The minimum atomic E-state index is -0.678. The predicted octanol–water partition coefficient (Wildman–Crippen LogP) is 2.97. The molecule has 1 atom stereocenters. The lowest BCUT2D eigenvalue weighted by molar-refractivity contribution is 0.144. The number of nitriles is 1. The van der Waals surface area contributed by atoms with E-state index in [1.54, 1.807) is 7.11 Å². The van der Waals surface area contributed by atoms with Crippen molar-refractivity contribution in [3.63, 3.8) is 0 Å². The van der Waals surface area contributed by atoms with Crippen LogP contribution in [-0.4, -0.2) is 19.3 Å². The summed E-state index contributed by atoms with van der Waals surface area (Å²) in [6.07, 6.45) is 0. The molecular formula is C14H20N2O. The van der Waals surface area contributed by atoms with Gasteiger partial charge in [0, 0.05) is 12.8 Å². The number of benzene rings is 1. The standard InChI is InChI=1S/C14H20N2O/c1-11(2)14(9-15,10-17-4)16-13-7-5-6-12(3)8-13/h5-8,11,16H,10H2,1-4H3. The largest absolute Gasteiger partial charge is 0.381 e. The molecule has 3 nitrogen and oxygen atoms in total. The molecule has 3 heteroatoms. The van der Waals surface area contributed by atoms with Gasteiger partial charge >= 0.3 is 0 Å². The van der Waals surface area contributed by atoms with Gasteiger partial charge in [0.05, 0.1) is 12.7 Å². The Hall–Kier alpha value is -1.53. The average Bonchev–Trinajstić information content (AvgIpc) is 2.28. The molecule has 0 heterocycles. The number of nitrogens with zero attached hydrogens (tertiary/aromatic N) is 1. The minimum absolute atomic E-state index is 0.160. The predicted molar refractivity (Wildman–Crippen MR) is 69.9 cm³/mol. The zero-order valence-corrected chi connectivity index (χ0v) is 10.9. The van der Waals surface area contributed by atoms with Gasteiger partial charge in [-0.1, -0.05) is 26.0 Å². The molecule has 17 heavy (non-hydrogen) atoms. The van der Waals surface area contributed by atoms with Gasteiger partial charge in [0.25, 0.3) is 0 Å². The molecule has 1 aromatic rings. The Kier molecular flexibility index (Phi) is 4.53. The van der Waals surface area contributed by atoms with Crippen LogP contribution in [0.3, 0.4) is 0 Å². The lowest BCUT2D eigenvalue weighted by atomic mass is 9.88. The maximum Gasteiger partial charge on any atom is 0.151 e. The van der Waals surface area contributed by atoms with E-state index in [0.29, 0.717) is 6.61 Å². The second-order valence-corrected chi connectivity index (χ2v) is 4.67. The minimum Gasteiger partial charge on any atom is -0.381 e. The van der Waals surface area contributed by atoms with Crippen molar-refractivity contribution in [1.82, 2.24) is 0 Å². The maximum atomic E-state index is 9.42. The molecule has 0 saturated carbocycles. The van der Waals surface area contributed by atoms with Crippen LogP contribution in [0.1, 0.15) is 19.4 Å². The van der Waals surface area contributed by atoms with E-state index in [4.69, 9.17) is 4.74 Å². The third-order valence-corrected chi connectivity index (χ3v) is 2.94. The van der Waals surface area contributed by atoms with E-state index in [1.807, 2.05) is 45.0 Å². The zero-order chi connectivity index (χ0) is 12.9. The van der Waals surface area contributed by atoms with Gasteiger partial charge in [0.15, 0.2) is 5.54 Å². The third-order valence-electron chi connectivity index (χ3n) is 2.94. The first-order valence-corrected chi connectivity index (χ1v) is 5.79. The van der Waals surface area contributed by atoms with Crippen LogP contribution in [0.2, 0.25) is 0 Å². The molecule has 1 N–H and O–H groups in total. The van der Waals surface area contributed by atoms with E-state index < -0.39 is 5.54 Å². The summed E-state index contributed by atoms with van der Waals surface area (Å²) in [4.78, 5) is 0. The highest BCUT2D eigenvalue weighted by Gasteiger charge is 2.34. The topological polar surface area (TPSA) is 45.0 Å². The molecule has 0 aliphatic rings. The Balaban J connectivity index is 2.98. The second kappa shape index (κ2) is 5.70. The first kappa shape index (κ1) is 13.5. The highest BCUT2D eigenvalue weighted by Crippen LogP contribution is 2.23. The smallest absolute Gasteiger partial charge is 0.151 e. The van der Waals surface area contributed by atoms with Crippen molar-refractivity contribution in [2.24, 2.45) is 5.92 Å². The van der Waals surface area contributed by atoms with Crippen molar-refractivity contribution in [2.75, 3.05) is 19.0 Å². The molecule has 0 aliphatic heterocycles. The molecule has 0 bridgehead atoms. The number of ether oxygens (including phenoxy) is 1. The molecule has 1 aromatic carbocycles. The summed E-state index contributed by atoms with van der Waals surface area (Å²) in [7, 11) is 1.62. The molecule has 92 valence electrons. The Morgan fingerprint density at radius 1 is 1.47 bits per heavy atom. The molecule has 0 spiro atoms. The first-order chi connectivity index (χ1) is 8.04. The molecule has 0 aromatic heterocycles. The fourth-order valence-electron chi connectivity index (χ4n) is 1.74. The van der Waals surface area contributed by atoms with Gasteiger partial charge in [-0.15, -0.1) is 0 Å². The molecule has 0 radical (unpaired) electrons. The number of hydrogen-bond donors (Lipinski definition) is 1. The summed E-state index contributed by atoms with van der Waals surface area (Å²) < 4.78 is 5.18. The van der Waals surface area contributed by atoms with Crippen molar-refractivity contribution >= 4 is 5.69 Å². The zero-order valence-electron chi connectivity index (χ0n) is 10.9. The average molecular weight is 232 g/mol. The summed E-state index contributed by atoms with van der Waals surface area (Å²) >= 11 is 0. The second-order valence-electron chi connectivity index (χ2n) is 4.67. The fraction of sp³-hybridized carbons (Fsp3) is 0.500. The summed E-state index contributed by atoms with van der Waals surface area (Å²) in [6.45, 7) is 6.44. The molecule has 1 unspecified atom stereocenters. The molecule has 0 amide bonds. The van der Waals surface area contributed by atoms with E-state index in [2.05, 4.69) is 11.4 Å². The van der Waals surface area contributed by atoms with Crippen LogP contribution in [0.25, 0.3) is 0 Å². The van der Waals surface area contributed by atoms with Crippen LogP contribution in [0.5, 0.6) is 0 Å². The summed E-state index contributed by atoms with van der Waals surface area (Å²) in [5, 5.41) is 12.7. The highest BCUT2D eigenvalue weighted by atomic mass is 16.5. The molecular weight excluding hydrogens is 212 g/mol. The van der Waals surface area contributed by atoms with E-state index in [1.165, 1.54) is 5.56 Å². The van der Waals surface area contributed by atoms with E-state index in [0.717, 1.165) is 5.69 Å². The Morgan fingerprint density at radius 3 is 2.65 bits per heavy atom. The van der Waals surface area contributed by atoms with Crippen LogP contribution in [0.4, 0.5) is 5.69 Å². The van der Waals surface area contributed by atoms with Crippen LogP contribution in [0, 0.1) is 24.2 Å². The van der Waals surface area contributed by atoms with Gasteiger partial charge in [-0.05, 0) is 30.5 Å². The van der Waals surface area contributed by atoms with E-state index in [9.17, 15) is 5.26 Å². The summed E-state index contributed by atoms with van der Waals surface area (Å²) in [6, 6.07) is 10.4. The first-order valence-electron chi connectivity index (χ1n) is 5.79. The molecule has 0 fully saturated rings. The van der Waals surface area contributed by atoms with Crippen molar-refractivity contribution < 1.29 is 4.74 Å². The van der Waals surface area contributed by atoms with Gasteiger partial charge in [0.1, 0.15) is 0 Å². The quantitative estimate of drug-likeness (QED) is 0.848. The SMILES string of the molecule is COCC(C#N)(Nc1cccc(C)c1)C(C)C. The van der Waals surface area contributed by atoms with Gasteiger partial charge in [-0.2, -0.15) is 5.26 Å². The monoisotopic (exact) mass is 232 g/mol.